The molecule has 8 heteroatoms. The number of hydrogen-bond acceptors (Lipinski definition) is 5. The molecule has 32 heavy (non-hydrogen) atoms. The van der Waals surface area contributed by atoms with Gasteiger partial charge in [-0.15, -0.1) is 0 Å². The number of carbonyl (C=O) groups is 1. The highest BCUT2D eigenvalue weighted by Gasteiger charge is 2.28. The Balaban J connectivity index is 1.66. The summed E-state index contributed by atoms with van der Waals surface area (Å²) in [4.78, 5) is 12.6. The van der Waals surface area contributed by atoms with Crippen LogP contribution in [0.4, 0.5) is 4.39 Å². The summed E-state index contributed by atoms with van der Waals surface area (Å²) < 4.78 is 53.7. The number of amides is 1. The Morgan fingerprint density at radius 2 is 1.97 bits per heavy atom. The van der Waals surface area contributed by atoms with Crippen LogP contribution in [0, 0.1) is 5.82 Å². The van der Waals surface area contributed by atoms with Gasteiger partial charge in [0.15, 0.2) is 5.76 Å². The first-order valence-electron chi connectivity index (χ1n) is 10.8. The second kappa shape index (κ2) is 8.58. The zero-order valence-electron chi connectivity index (χ0n) is 18.3. The van der Waals surface area contributed by atoms with Gasteiger partial charge in [-0.25, -0.2) is 17.5 Å². The van der Waals surface area contributed by atoms with Crippen molar-refractivity contribution in [3.63, 3.8) is 0 Å². The van der Waals surface area contributed by atoms with Gasteiger partial charge in [-0.05, 0) is 73.4 Å². The molecule has 0 saturated heterocycles. The van der Waals surface area contributed by atoms with E-state index in [1.165, 1.54) is 18.2 Å². The lowest BCUT2D eigenvalue weighted by atomic mass is 9.99. The van der Waals surface area contributed by atoms with Gasteiger partial charge in [0.2, 0.25) is 0 Å². The first-order chi connectivity index (χ1) is 15.2. The predicted molar refractivity (Wildman–Crippen MR) is 119 cm³/mol. The van der Waals surface area contributed by atoms with Gasteiger partial charge in [0.25, 0.3) is 10.0 Å². The Morgan fingerprint density at radius 3 is 2.62 bits per heavy atom. The smallest absolute Gasteiger partial charge is 0.300 e. The fourth-order valence-corrected chi connectivity index (χ4v) is 4.80. The summed E-state index contributed by atoms with van der Waals surface area (Å²) in [5.41, 5.74) is 1.87. The normalized spacial score (nSPS) is 15.0. The largest absolute Gasteiger partial charge is 0.492 e. The van der Waals surface area contributed by atoms with Crippen molar-refractivity contribution >= 4 is 26.9 Å². The number of halogens is 1. The number of rotatable bonds is 8. The van der Waals surface area contributed by atoms with Gasteiger partial charge in [0.05, 0.1) is 12.0 Å². The molecule has 1 aliphatic rings. The van der Waals surface area contributed by atoms with Crippen molar-refractivity contribution < 1.29 is 26.8 Å². The molecule has 170 valence electrons. The Hall–Kier alpha value is -2.87. The van der Waals surface area contributed by atoms with Crippen molar-refractivity contribution in [1.82, 2.24) is 4.72 Å². The molecule has 1 aromatic heterocycles. The molecule has 1 aliphatic carbocycles. The SMILES string of the molecule is CCOc1ccc(C(C)CC)cc1S(=O)(=O)NC(=O)c1cc2c(F)cc(C3CC3)cc2o1. The van der Waals surface area contributed by atoms with Gasteiger partial charge in [-0.2, -0.15) is 0 Å². The summed E-state index contributed by atoms with van der Waals surface area (Å²) in [6, 6.07) is 9.33. The lowest BCUT2D eigenvalue weighted by Gasteiger charge is -2.15. The maximum Gasteiger partial charge on any atom is 0.300 e. The third-order valence-electron chi connectivity index (χ3n) is 5.85. The van der Waals surface area contributed by atoms with Crippen molar-refractivity contribution in [3.8, 4) is 5.75 Å². The quantitative estimate of drug-likeness (QED) is 0.482. The van der Waals surface area contributed by atoms with E-state index in [1.54, 1.807) is 19.1 Å². The fraction of sp³-hybridized carbons (Fsp3) is 0.375. The van der Waals surface area contributed by atoms with Crippen LogP contribution in [0.2, 0.25) is 0 Å². The van der Waals surface area contributed by atoms with Gasteiger partial charge >= 0.3 is 5.91 Å². The van der Waals surface area contributed by atoms with Crippen LogP contribution in [0.25, 0.3) is 11.0 Å². The molecule has 1 unspecified atom stereocenters. The minimum atomic E-state index is -4.26. The molecule has 4 rings (SSSR count). The van der Waals surface area contributed by atoms with E-state index in [-0.39, 0.29) is 39.9 Å². The molecule has 1 fully saturated rings. The Labute approximate surface area is 186 Å². The number of sulfonamides is 1. The number of benzene rings is 2. The molecule has 1 heterocycles. The Bertz CT molecular complexity index is 1280. The summed E-state index contributed by atoms with van der Waals surface area (Å²) in [7, 11) is -4.26. The highest BCUT2D eigenvalue weighted by atomic mass is 32.2. The van der Waals surface area contributed by atoms with Crippen LogP contribution in [0.1, 0.15) is 73.6 Å². The molecule has 1 N–H and O–H groups in total. The van der Waals surface area contributed by atoms with Gasteiger partial charge in [0.1, 0.15) is 22.0 Å². The minimum Gasteiger partial charge on any atom is -0.492 e. The highest BCUT2D eigenvalue weighted by molar-refractivity contribution is 7.90. The molecule has 2 aromatic carbocycles. The molecule has 1 amide bonds. The van der Waals surface area contributed by atoms with Crippen molar-refractivity contribution in [2.24, 2.45) is 0 Å². The van der Waals surface area contributed by atoms with Crippen molar-refractivity contribution in [3.05, 3.63) is 59.1 Å². The Morgan fingerprint density at radius 1 is 1.22 bits per heavy atom. The van der Waals surface area contributed by atoms with Crippen molar-refractivity contribution in [2.45, 2.75) is 56.8 Å². The minimum absolute atomic E-state index is 0.121. The number of furan rings is 1. The number of hydrogen-bond donors (Lipinski definition) is 1. The zero-order chi connectivity index (χ0) is 23.0. The number of carbonyl (C=O) groups excluding carboxylic acids is 1. The average Bonchev–Trinajstić information content (AvgIpc) is 3.51. The predicted octanol–water partition coefficient (Wildman–Crippen LogP) is 5.48. The monoisotopic (exact) mass is 459 g/mol. The molecular weight excluding hydrogens is 433 g/mol. The fourth-order valence-electron chi connectivity index (χ4n) is 3.66. The maximum atomic E-state index is 14.5. The van der Waals surface area contributed by atoms with Gasteiger partial charge in [0, 0.05) is 6.07 Å². The molecule has 0 radical (unpaired) electrons. The van der Waals surface area contributed by atoms with E-state index in [9.17, 15) is 17.6 Å². The standard InChI is InChI=1S/C24H26FNO5S/c1-4-14(3)16-8-9-20(30-5-2)23(12-16)32(28,29)26-24(27)22-13-18-19(25)10-17(15-6-7-15)11-21(18)31-22/h8-15H,4-7H2,1-3H3,(H,26,27). The third kappa shape index (κ3) is 4.37. The lowest BCUT2D eigenvalue weighted by molar-refractivity contribution is 0.0956. The molecule has 1 saturated carbocycles. The van der Waals surface area contributed by atoms with E-state index in [2.05, 4.69) is 0 Å². The van der Waals surface area contributed by atoms with Gasteiger partial charge in [-0.3, -0.25) is 4.79 Å². The first kappa shape index (κ1) is 22.3. The van der Waals surface area contributed by atoms with Crippen LogP contribution in [0.15, 0.2) is 45.7 Å². The van der Waals surface area contributed by atoms with Crippen LogP contribution < -0.4 is 9.46 Å². The summed E-state index contributed by atoms with van der Waals surface area (Å²) >= 11 is 0. The van der Waals surface area contributed by atoms with E-state index in [0.29, 0.717) is 5.92 Å². The van der Waals surface area contributed by atoms with Crippen LogP contribution in [0.3, 0.4) is 0 Å². The van der Waals surface area contributed by atoms with E-state index in [4.69, 9.17) is 9.15 Å². The van der Waals surface area contributed by atoms with Crippen LogP contribution >= 0.6 is 0 Å². The molecule has 3 aromatic rings. The first-order valence-corrected chi connectivity index (χ1v) is 12.3. The summed E-state index contributed by atoms with van der Waals surface area (Å²) in [5.74, 6) is -1.13. The lowest BCUT2D eigenvalue weighted by Crippen LogP contribution is -2.30. The summed E-state index contributed by atoms with van der Waals surface area (Å²) in [5, 5.41) is 0.144. The highest BCUT2D eigenvalue weighted by Crippen LogP contribution is 2.42. The average molecular weight is 460 g/mol. The number of fused-ring (bicyclic) bond motifs is 1. The zero-order valence-corrected chi connectivity index (χ0v) is 19.1. The van der Waals surface area contributed by atoms with Gasteiger partial charge < -0.3 is 9.15 Å². The summed E-state index contributed by atoms with van der Waals surface area (Å²) in [6.45, 7) is 6.01. The molecule has 0 spiro atoms. The van der Waals surface area contributed by atoms with E-state index >= 15 is 0 Å². The topological polar surface area (TPSA) is 85.6 Å². The van der Waals surface area contributed by atoms with Crippen molar-refractivity contribution in [1.29, 1.82) is 0 Å². The molecule has 1 atom stereocenters. The molecular formula is C24H26FNO5S. The number of ether oxygens (including phenoxy) is 1. The molecule has 6 nitrogen and oxygen atoms in total. The maximum absolute atomic E-state index is 14.5. The number of nitrogens with one attached hydrogen (secondary N) is 1. The molecule has 0 bridgehead atoms. The third-order valence-corrected chi connectivity index (χ3v) is 7.20. The molecule has 0 aliphatic heterocycles. The second-order valence-corrected chi connectivity index (χ2v) is 9.83. The Kier molecular flexibility index (Phi) is 5.99. The van der Waals surface area contributed by atoms with E-state index in [0.717, 1.165) is 30.4 Å². The van der Waals surface area contributed by atoms with Gasteiger partial charge in [-0.1, -0.05) is 19.9 Å². The van der Waals surface area contributed by atoms with Crippen molar-refractivity contribution in [2.75, 3.05) is 6.61 Å². The second-order valence-electron chi connectivity index (χ2n) is 8.18. The van der Waals surface area contributed by atoms with E-state index < -0.39 is 21.7 Å². The van der Waals surface area contributed by atoms with E-state index in [1.807, 2.05) is 24.6 Å². The van der Waals surface area contributed by atoms with Crippen LogP contribution in [-0.2, 0) is 10.0 Å². The van der Waals surface area contributed by atoms with Crippen LogP contribution in [0.5, 0.6) is 5.75 Å². The summed E-state index contributed by atoms with van der Waals surface area (Å²) in [6.07, 6.45) is 2.82. The van der Waals surface area contributed by atoms with Crippen LogP contribution in [-0.4, -0.2) is 20.9 Å².